The molecule has 0 aliphatic carbocycles. The lowest BCUT2D eigenvalue weighted by molar-refractivity contribution is -0.388. The first-order valence-corrected chi connectivity index (χ1v) is 12.6. The number of nitrogens with zero attached hydrogens (tertiary/aromatic N) is 4. The standard InChI is InChI=1S/C25H29ClF3N5O3/c26-18-3-6-21(7-4-18)32-14-12-31(13-15-32)10-1-2-24(35)33-11-9-20(17-33)30-19-5-8-23(34(36)37)22(16-19)25(27,28)29/h3-8,16,20,30H,1-2,9-15,17H2/t20-/m1/s1. The van der Waals surface area contributed by atoms with E-state index in [1.54, 1.807) is 4.90 Å². The third kappa shape index (κ3) is 7.04. The van der Waals surface area contributed by atoms with Crippen molar-refractivity contribution >= 4 is 34.6 Å². The van der Waals surface area contributed by atoms with Crippen molar-refractivity contribution in [2.24, 2.45) is 0 Å². The second-order valence-corrected chi connectivity index (χ2v) is 9.80. The Morgan fingerprint density at radius 1 is 1.08 bits per heavy atom. The van der Waals surface area contributed by atoms with Crippen LogP contribution < -0.4 is 10.2 Å². The highest BCUT2D eigenvalue weighted by molar-refractivity contribution is 6.30. The third-order valence-corrected chi connectivity index (χ3v) is 7.09. The van der Waals surface area contributed by atoms with E-state index in [1.807, 2.05) is 24.3 Å². The summed E-state index contributed by atoms with van der Waals surface area (Å²) in [6.07, 6.45) is -3.08. The Labute approximate surface area is 218 Å². The minimum Gasteiger partial charge on any atom is -0.380 e. The van der Waals surface area contributed by atoms with Gasteiger partial charge in [0, 0.05) is 74.2 Å². The Balaban J connectivity index is 1.19. The Bertz CT molecular complexity index is 1110. The van der Waals surface area contributed by atoms with Gasteiger partial charge in [0.2, 0.25) is 5.91 Å². The molecule has 2 aromatic carbocycles. The van der Waals surface area contributed by atoms with Crippen LogP contribution in [0.5, 0.6) is 0 Å². The zero-order valence-corrected chi connectivity index (χ0v) is 21.0. The van der Waals surface area contributed by atoms with Crippen molar-refractivity contribution in [3.8, 4) is 0 Å². The quantitative estimate of drug-likeness (QED) is 0.380. The molecule has 2 fully saturated rings. The average Bonchev–Trinajstić information content (AvgIpc) is 3.33. The van der Waals surface area contributed by atoms with Gasteiger partial charge >= 0.3 is 6.18 Å². The zero-order valence-electron chi connectivity index (χ0n) is 20.2. The maximum absolute atomic E-state index is 13.2. The number of amides is 1. The Hall–Kier alpha value is -3.05. The fraction of sp³-hybridized carbons (Fsp3) is 0.480. The summed E-state index contributed by atoms with van der Waals surface area (Å²) in [6, 6.07) is 10.5. The number of carbonyl (C=O) groups excluding carboxylic acids is 1. The van der Waals surface area contributed by atoms with Gasteiger partial charge in [0.1, 0.15) is 5.56 Å². The minimum absolute atomic E-state index is 0.0313. The monoisotopic (exact) mass is 539 g/mol. The van der Waals surface area contributed by atoms with Gasteiger partial charge in [0.05, 0.1) is 4.92 Å². The molecule has 2 aliphatic rings. The van der Waals surface area contributed by atoms with Crippen molar-refractivity contribution in [1.29, 1.82) is 0 Å². The van der Waals surface area contributed by atoms with E-state index in [0.717, 1.165) is 57.0 Å². The van der Waals surface area contributed by atoms with Crippen LogP contribution in [0.1, 0.15) is 24.8 Å². The van der Waals surface area contributed by atoms with Crippen molar-refractivity contribution in [3.63, 3.8) is 0 Å². The molecule has 8 nitrogen and oxygen atoms in total. The minimum atomic E-state index is -4.83. The van der Waals surface area contributed by atoms with Crippen LogP contribution in [0, 0.1) is 10.1 Å². The predicted octanol–water partition coefficient (Wildman–Crippen LogP) is 4.88. The van der Waals surface area contributed by atoms with Gasteiger partial charge in [-0.15, -0.1) is 0 Å². The first kappa shape index (κ1) is 27.0. The number of nitro groups is 1. The van der Waals surface area contributed by atoms with E-state index < -0.39 is 22.4 Å². The molecule has 0 radical (unpaired) electrons. The molecule has 2 aromatic rings. The summed E-state index contributed by atoms with van der Waals surface area (Å²) in [4.78, 5) is 29.0. The normalized spacial score (nSPS) is 18.8. The summed E-state index contributed by atoms with van der Waals surface area (Å²) >= 11 is 5.96. The summed E-state index contributed by atoms with van der Waals surface area (Å²) in [6.45, 7) is 5.40. The fourth-order valence-corrected chi connectivity index (χ4v) is 4.97. The van der Waals surface area contributed by atoms with Crippen molar-refractivity contribution in [2.45, 2.75) is 31.5 Å². The van der Waals surface area contributed by atoms with Crippen molar-refractivity contribution in [2.75, 3.05) is 56.0 Å². The second kappa shape index (κ2) is 11.6. The fourth-order valence-electron chi connectivity index (χ4n) is 4.85. The molecule has 37 heavy (non-hydrogen) atoms. The SMILES string of the molecule is O=C(CCCN1CCN(c2ccc(Cl)cc2)CC1)N1CC[C@@H](Nc2ccc([N+](=O)[O-])c(C(F)(F)F)c2)C1. The number of hydrogen-bond acceptors (Lipinski definition) is 6. The molecule has 2 saturated heterocycles. The van der Waals surface area contributed by atoms with Gasteiger partial charge in [0.25, 0.3) is 5.69 Å². The predicted molar refractivity (Wildman–Crippen MR) is 136 cm³/mol. The van der Waals surface area contributed by atoms with Crippen LogP contribution in [-0.4, -0.2) is 72.5 Å². The Kier molecular flexibility index (Phi) is 8.43. The number of carbonyl (C=O) groups is 1. The first-order chi connectivity index (χ1) is 17.6. The molecule has 2 heterocycles. The van der Waals surface area contributed by atoms with Crippen LogP contribution in [-0.2, 0) is 11.0 Å². The lowest BCUT2D eigenvalue weighted by Gasteiger charge is -2.36. The van der Waals surface area contributed by atoms with Crippen molar-refractivity contribution < 1.29 is 22.9 Å². The number of halogens is 4. The molecule has 0 spiro atoms. The van der Waals surface area contributed by atoms with E-state index in [-0.39, 0.29) is 17.6 Å². The maximum atomic E-state index is 13.2. The summed E-state index contributed by atoms with van der Waals surface area (Å²) in [5.74, 6) is 0.0313. The molecule has 4 rings (SSSR count). The summed E-state index contributed by atoms with van der Waals surface area (Å²) < 4.78 is 39.7. The smallest absolute Gasteiger partial charge is 0.380 e. The van der Waals surface area contributed by atoms with Crippen LogP contribution in [0.25, 0.3) is 0 Å². The first-order valence-electron chi connectivity index (χ1n) is 12.2. The number of hydrogen-bond donors (Lipinski definition) is 1. The highest BCUT2D eigenvalue weighted by Crippen LogP contribution is 2.37. The van der Waals surface area contributed by atoms with Crippen LogP contribution in [0.2, 0.25) is 5.02 Å². The van der Waals surface area contributed by atoms with E-state index in [1.165, 1.54) is 6.07 Å². The molecule has 0 aromatic heterocycles. The molecule has 12 heteroatoms. The zero-order chi connectivity index (χ0) is 26.6. The number of alkyl halides is 3. The molecule has 200 valence electrons. The van der Waals surface area contributed by atoms with Gasteiger partial charge < -0.3 is 15.1 Å². The van der Waals surface area contributed by atoms with E-state index in [0.29, 0.717) is 31.0 Å². The molecule has 0 unspecified atom stereocenters. The highest BCUT2D eigenvalue weighted by atomic mass is 35.5. The molecule has 1 amide bonds. The summed E-state index contributed by atoms with van der Waals surface area (Å²) in [7, 11) is 0. The highest BCUT2D eigenvalue weighted by Gasteiger charge is 2.38. The number of benzene rings is 2. The molecule has 1 N–H and O–H groups in total. The van der Waals surface area contributed by atoms with E-state index in [4.69, 9.17) is 11.6 Å². The van der Waals surface area contributed by atoms with Crippen LogP contribution in [0.15, 0.2) is 42.5 Å². The Morgan fingerprint density at radius 3 is 2.43 bits per heavy atom. The van der Waals surface area contributed by atoms with E-state index in [9.17, 15) is 28.1 Å². The topological polar surface area (TPSA) is 82.0 Å². The third-order valence-electron chi connectivity index (χ3n) is 6.84. The van der Waals surface area contributed by atoms with Crippen molar-refractivity contribution in [3.05, 3.63) is 63.2 Å². The summed E-state index contributed by atoms with van der Waals surface area (Å²) in [5.41, 5.74) is -0.968. The van der Waals surface area contributed by atoms with Gasteiger partial charge in [-0.05, 0) is 55.8 Å². The van der Waals surface area contributed by atoms with Crippen LogP contribution >= 0.6 is 11.6 Å². The van der Waals surface area contributed by atoms with Crippen molar-refractivity contribution in [1.82, 2.24) is 9.80 Å². The largest absolute Gasteiger partial charge is 0.423 e. The molecule has 2 aliphatic heterocycles. The van der Waals surface area contributed by atoms with Gasteiger partial charge in [0.15, 0.2) is 0 Å². The van der Waals surface area contributed by atoms with Crippen LogP contribution in [0.3, 0.4) is 0 Å². The number of likely N-dealkylation sites (tertiary alicyclic amines) is 1. The van der Waals surface area contributed by atoms with E-state index >= 15 is 0 Å². The number of anilines is 2. The number of piperazine rings is 1. The average molecular weight is 540 g/mol. The number of nitrogens with one attached hydrogen (secondary N) is 1. The van der Waals surface area contributed by atoms with Crippen LogP contribution in [0.4, 0.5) is 30.2 Å². The number of nitro benzene ring substituents is 1. The maximum Gasteiger partial charge on any atom is 0.423 e. The number of rotatable bonds is 8. The lowest BCUT2D eigenvalue weighted by Crippen LogP contribution is -2.46. The van der Waals surface area contributed by atoms with Gasteiger partial charge in [-0.1, -0.05) is 11.6 Å². The molecular formula is C25H29ClF3N5O3. The molecule has 0 bridgehead atoms. The van der Waals surface area contributed by atoms with Gasteiger partial charge in [-0.3, -0.25) is 19.8 Å². The summed E-state index contributed by atoms with van der Waals surface area (Å²) in [5, 5.41) is 14.7. The van der Waals surface area contributed by atoms with Gasteiger partial charge in [-0.2, -0.15) is 13.2 Å². The molecule has 0 saturated carbocycles. The van der Waals surface area contributed by atoms with Gasteiger partial charge in [-0.25, -0.2) is 0 Å². The molecule has 1 atom stereocenters. The molecular weight excluding hydrogens is 511 g/mol. The Morgan fingerprint density at radius 2 is 1.78 bits per heavy atom. The second-order valence-electron chi connectivity index (χ2n) is 9.37. The lowest BCUT2D eigenvalue weighted by atomic mass is 10.1. The van der Waals surface area contributed by atoms with E-state index in [2.05, 4.69) is 15.1 Å².